The van der Waals surface area contributed by atoms with Gasteiger partial charge in [0.15, 0.2) is 0 Å². The van der Waals surface area contributed by atoms with Crippen LogP contribution in [0.5, 0.6) is 0 Å². The maximum atomic E-state index is 11.7. The highest BCUT2D eigenvalue weighted by Gasteiger charge is 2.40. The van der Waals surface area contributed by atoms with Gasteiger partial charge in [-0.1, -0.05) is 6.08 Å². The minimum Gasteiger partial charge on any atom is -0.456 e. The summed E-state index contributed by atoms with van der Waals surface area (Å²) in [6, 6.07) is 0. The Hall–Kier alpha value is -1.25. The van der Waals surface area contributed by atoms with E-state index in [2.05, 4.69) is 6.58 Å². The van der Waals surface area contributed by atoms with Crippen LogP contribution in [0.1, 0.15) is 39.0 Å². The van der Waals surface area contributed by atoms with Crippen LogP contribution in [0.4, 0.5) is 0 Å². The van der Waals surface area contributed by atoms with Crippen LogP contribution in [0.2, 0.25) is 0 Å². The van der Waals surface area contributed by atoms with E-state index in [9.17, 15) is 4.79 Å². The average molecular weight is 208 g/mol. The monoisotopic (exact) mass is 208 g/mol. The Morgan fingerprint density at radius 3 is 3.00 bits per heavy atom. The lowest BCUT2D eigenvalue weighted by Crippen LogP contribution is -2.38. The molecule has 0 saturated heterocycles. The van der Waals surface area contributed by atoms with Crippen molar-refractivity contribution in [1.82, 2.24) is 0 Å². The van der Waals surface area contributed by atoms with Gasteiger partial charge in [-0.2, -0.15) is 0 Å². The molecular formula is C12H16O3. The summed E-state index contributed by atoms with van der Waals surface area (Å²) in [5.74, 6) is -0.132. The molecule has 3 nitrogen and oxygen atoms in total. The zero-order valence-electron chi connectivity index (χ0n) is 9.04. The molecule has 0 radical (unpaired) electrons. The third kappa shape index (κ3) is 1.91. The summed E-state index contributed by atoms with van der Waals surface area (Å²) in [5.41, 5.74) is 0.742. The molecule has 0 aromatic rings. The van der Waals surface area contributed by atoms with E-state index in [1.165, 1.54) is 0 Å². The van der Waals surface area contributed by atoms with Gasteiger partial charge in [0.2, 0.25) is 0 Å². The number of carbonyl (C=O) groups is 1. The van der Waals surface area contributed by atoms with E-state index in [-0.39, 0.29) is 5.97 Å². The number of esters is 1. The maximum absolute atomic E-state index is 11.7. The molecule has 1 atom stereocenters. The standard InChI is InChI=1S/C12H16O3/c1-3-4-8-12(2)14-10-7-5-6-9(10)11(13)15-12/h3H,1,4-8H2,2H3. The molecule has 0 N–H and O–H groups in total. The molecule has 2 aliphatic rings. The Morgan fingerprint density at radius 2 is 2.27 bits per heavy atom. The molecule has 0 amide bonds. The van der Waals surface area contributed by atoms with Crippen LogP contribution in [0.3, 0.4) is 0 Å². The van der Waals surface area contributed by atoms with Crippen molar-refractivity contribution >= 4 is 5.97 Å². The minimum absolute atomic E-state index is 0.194. The first-order valence-electron chi connectivity index (χ1n) is 5.40. The van der Waals surface area contributed by atoms with E-state index in [1.807, 2.05) is 6.92 Å². The molecule has 0 aromatic heterocycles. The van der Waals surface area contributed by atoms with E-state index in [0.29, 0.717) is 6.42 Å². The SMILES string of the molecule is C=CCCC1(C)OC(=O)C2=C(CCC2)O1. The van der Waals surface area contributed by atoms with Gasteiger partial charge in [-0.3, -0.25) is 0 Å². The van der Waals surface area contributed by atoms with Crippen molar-refractivity contribution in [1.29, 1.82) is 0 Å². The van der Waals surface area contributed by atoms with Crippen molar-refractivity contribution in [3.05, 3.63) is 24.0 Å². The van der Waals surface area contributed by atoms with Crippen molar-refractivity contribution < 1.29 is 14.3 Å². The zero-order valence-corrected chi connectivity index (χ0v) is 9.04. The summed E-state index contributed by atoms with van der Waals surface area (Å²) in [7, 11) is 0. The van der Waals surface area contributed by atoms with Crippen LogP contribution in [-0.2, 0) is 14.3 Å². The summed E-state index contributed by atoms with van der Waals surface area (Å²) in [5, 5.41) is 0. The second-order valence-corrected chi connectivity index (χ2v) is 4.21. The highest BCUT2D eigenvalue weighted by atomic mass is 16.7. The van der Waals surface area contributed by atoms with Crippen LogP contribution >= 0.6 is 0 Å². The largest absolute Gasteiger partial charge is 0.456 e. The Bertz CT molecular complexity index is 330. The lowest BCUT2D eigenvalue weighted by Gasteiger charge is -2.34. The molecule has 3 heteroatoms. The van der Waals surface area contributed by atoms with E-state index in [0.717, 1.165) is 37.0 Å². The van der Waals surface area contributed by atoms with Crippen LogP contribution in [0.15, 0.2) is 24.0 Å². The molecule has 0 saturated carbocycles. The van der Waals surface area contributed by atoms with Gasteiger partial charge in [0, 0.05) is 19.8 Å². The molecule has 1 unspecified atom stereocenters. The van der Waals surface area contributed by atoms with Gasteiger partial charge in [0.25, 0.3) is 5.79 Å². The lowest BCUT2D eigenvalue weighted by atomic mass is 10.1. The molecule has 0 bridgehead atoms. The van der Waals surface area contributed by atoms with Crippen LogP contribution < -0.4 is 0 Å². The molecule has 0 spiro atoms. The second kappa shape index (κ2) is 3.72. The van der Waals surface area contributed by atoms with Gasteiger partial charge in [-0.15, -0.1) is 6.58 Å². The van der Waals surface area contributed by atoms with E-state index >= 15 is 0 Å². The fraction of sp³-hybridized carbons (Fsp3) is 0.583. The second-order valence-electron chi connectivity index (χ2n) is 4.21. The topological polar surface area (TPSA) is 35.5 Å². The highest BCUT2D eigenvalue weighted by Crippen LogP contribution is 2.38. The fourth-order valence-corrected chi connectivity index (χ4v) is 2.05. The maximum Gasteiger partial charge on any atom is 0.340 e. The van der Waals surface area contributed by atoms with Gasteiger partial charge in [0.1, 0.15) is 5.76 Å². The Labute approximate surface area is 89.8 Å². The number of ether oxygens (including phenoxy) is 2. The van der Waals surface area contributed by atoms with Crippen LogP contribution in [-0.4, -0.2) is 11.8 Å². The van der Waals surface area contributed by atoms with Gasteiger partial charge < -0.3 is 9.47 Å². The van der Waals surface area contributed by atoms with Gasteiger partial charge in [0.05, 0.1) is 5.57 Å². The van der Waals surface area contributed by atoms with Gasteiger partial charge in [-0.05, 0) is 19.3 Å². The predicted molar refractivity (Wildman–Crippen MR) is 55.9 cm³/mol. The normalized spacial score (nSPS) is 29.5. The summed E-state index contributed by atoms with van der Waals surface area (Å²) in [6.07, 6.45) is 5.92. The number of hydrogen-bond acceptors (Lipinski definition) is 3. The molecule has 0 fully saturated rings. The highest BCUT2D eigenvalue weighted by molar-refractivity contribution is 5.90. The van der Waals surface area contributed by atoms with Crippen molar-refractivity contribution in [2.24, 2.45) is 0 Å². The quantitative estimate of drug-likeness (QED) is 0.528. The lowest BCUT2D eigenvalue weighted by molar-refractivity contribution is -0.217. The third-order valence-electron chi connectivity index (χ3n) is 2.86. The van der Waals surface area contributed by atoms with Gasteiger partial charge >= 0.3 is 5.97 Å². The first-order valence-corrected chi connectivity index (χ1v) is 5.40. The molecule has 2 rings (SSSR count). The molecular weight excluding hydrogens is 192 g/mol. The first kappa shape index (κ1) is 10.3. The molecule has 0 aromatic carbocycles. The number of carbonyl (C=O) groups excluding carboxylic acids is 1. The van der Waals surface area contributed by atoms with Gasteiger partial charge in [-0.25, -0.2) is 4.79 Å². The number of hydrogen-bond donors (Lipinski definition) is 0. The average Bonchev–Trinajstić information content (AvgIpc) is 2.62. The summed E-state index contributed by atoms with van der Waals surface area (Å²) >= 11 is 0. The predicted octanol–water partition coefficient (Wildman–Crippen LogP) is 2.68. The molecule has 1 aliphatic heterocycles. The van der Waals surface area contributed by atoms with Crippen LogP contribution in [0, 0.1) is 0 Å². The van der Waals surface area contributed by atoms with Crippen molar-refractivity contribution in [2.75, 3.05) is 0 Å². The number of rotatable bonds is 3. The van der Waals surface area contributed by atoms with E-state index in [1.54, 1.807) is 6.08 Å². The summed E-state index contributed by atoms with van der Waals surface area (Å²) in [6.45, 7) is 5.47. The van der Waals surface area contributed by atoms with Crippen molar-refractivity contribution in [2.45, 2.75) is 44.8 Å². The molecule has 82 valence electrons. The number of allylic oxidation sites excluding steroid dienone is 2. The first-order chi connectivity index (χ1) is 7.14. The Kier molecular flexibility index (Phi) is 2.55. The zero-order chi connectivity index (χ0) is 10.9. The minimum atomic E-state index is -0.783. The van der Waals surface area contributed by atoms with Crippen molar-refractivity contribution in [3.8, 4) is 0 Å². The Morgan fingerprint density at radius 1 is 1.47 bits per heavy atom. The molecule has 15 heavy (non-hydrogen) atoms. The molecule has 1 heterocycles. The van der Waals surface area contributed by atoms with Crippen molar-refractivity contribution in [3.63, 3.8) is 0 Å². The number of cyclic esters (lactones) is 1. The smallest absolute Gasteiger partial charge is 0.340 e. The van der Waals surface area contributed by atoms with Crippen LogP contribution in [0.25, 0.3) is 0 Å². The van der Waals surface area contributed by atoms with E-state index in [4.69, 9.17) is 9.47 Å². The summed E-state index contributed by atoms with van der Waals surface area (Å²) in [4.78, 5) is 11.7. The third-order valence-corrected chi connectivity index (χ3v) is 2.86. The summed E-state index contributed by atoms with van der Waals surface area (Å²) < 4.78 is 11.1. The molecule has 1 aliphatic carbocycles. The van der Waals surface area contributed by atoms with E-state index < -0.39 is 5.79 Å². The fourth-order valence-electron chi connectivity index (χ4n) is 2.05. The Balaban J connectivity index is 2.13.